The van der Waals surface area contributed by atoms with Gasteiger partial charge in [0.1, 0.15) is 5.52 Å². The number of benzene rings is 2. The second-order valence-corrected chi connectivity index (χ2v) is 15.8. The fourth-order valence-electron chi connectivity index (χ4n) is 4.91. The third-order valence-electron chi connectivity index (χ3n) is 9.61. The SMILES string of the molecule is CC(C)=C(C)C.Cc1c(C)c(C)c(C)c(C)c1C.Cc1c(C)c(C)c2snnc2c1C.Cc1sc2c(C)sc(C)c2c1C. The van der Waals surface area contributed by atoms with Gasteiger partial charge in [-0.15, -0.1) is 27.8 Å². The molecular formula is C38H54N2S3. The van der Waals surface area contributed by atoms with E-state index >= 15 is 0 Å². The smallest absolute Gasteiger partial charge is 0.109 e. The number of allylic oxidation sites excluding steroid dienone is 2. The van der Waals surface area contributed by atoms with Crippen molar-refractivity contribution in [2.75, 3.05) is 0 Å². The second kappa shape index (κ2) is 15.1. The van der Waals surface area contributed by atoms with E-state index in [1.165, 1.54) is 113 Å². The Bertz CT molecular complexity index is 1620. The van der Waals surface area contributed by atoms with Crippen molar-refractivity contribution in [1.82, 2.24) is 9.59 Å². The third-order valence-corrected chi connectivity index (χ3v) is 12.9. The first-order valence-electron chi connectivity index (χ1n) is 15.1. The first-order chi connectivity index (χ1) is 19.8. The van der Waals surface area contributed by atoms with Gasteiger partial charge in [-0.1, -0.05) is 15.6 Å². The quantitative estimate of drug-likeness (QED) is 0.158. The van der Waals surface area contributed by atoms with Crippen LogP contribution in [0.15, 0.2) is 11.1 Å². The van der Waals surface area contributed by atoms with E-state index in [0.29, 0.717) is 0 Å². The Kier molecular flexibility index (Phi) is 12.9. The number of hydrogen-bond acceptors (Lipinski definition) is 5. The van der Waals surface area contributed by atoms with Crippen LogP contribution >= 0.6 is 34.2 Å². The molecule has 0 spiro atoms. The lowest BCUT2D eigenvalue weighted by Gasteiger charge is -2.15. The van der Waals surface area contributed by atoms with Gasteiger partial charge >= 0.3 is 0 Å². The summed E-state index contributed by atoms with van der Waals surface area (Å²) in [5.74, 6) is 0. The number of aryl methyl sites for hydroxylation is 6. The molecule has 2 aromatic carbocycles. The molecule has 5 rings (SSSR count). The van der Waals surface area contributed by atoms with Crippen molar-refractivity contribution in [3.63, 3.8) is 0 Å². The zero-order chi connectivity index (χ0) is 33.1. The summed E-state index contributed by atoms with van der Waals surface area (Å²) in [6.07, 6.45) is 0. The highest BCUT2D eigenvalue weighted by atomic mass is 32.1. The Hall–Kier alpha value is -2.34. The summed E-state index contributed by atoms with van der Waals surface area (Å²) >= 11 is 5.35. The van der Waals surface area contributed by atoms with Crippen molar-refractivity contribution < 1.29 is 0 Å². The lowest BCUT2D eigenvalue weighted by atomic mass is 9.90. The minimum Gasteiger partial charge on any atom is -0.144 e. The maximum Gasteiger partial charge on any atom is 0.109 e. The minimum atomic E-state index is 1.07. The lowest BCUT2D eigenvalue weighted by molar-refractivity contribution is 1.13. The predicted molar refractivity (Wildman–Crippen MR) is 200 cm³/mol. The van der Waals surface area contributed by atoms with E-state index in [2.05, 4.69) is 134 Å². The van der Waals surface area contributed by atoms with Crippen molar-refractivity contribution in [3.05, 3.63) is 87.0 Å². The molecule has 0 fully saturated rings. The maximum absolute atomic E-state index is 4.15. The molecule has 0 aliphatic carbocycles. The number of hydrogen-bond donors (Lipinski definition) is 0. The molecule has 5 heteroatoms. The lowest BCUT2D eigenvalue weighted by Crippen LogP contribution is -1.98. The van der Waals surface area contributed by atoms with Crippen molar-refractivity contribution in [3.8, 4) is 0 Å². The van der Waals surface area contributed by atoms with E-state index in [1.807, 2.05) is 22.7 Å². The van der Waals surface area contributed by atoms with Gasteiger partial charge in [0, 0.05) is 24.7 Å². The molecule has 5 aromatic rings. The fourth-order valence-corrected chi connectivity index (χ4v) is 8.12. The van der Waals surface area contributed by atoms with Crippen LogP contribution in [0.4, 0.5) is 0 Å². The average Bonchev–Trinajstić information content (AvgIpc) is 3.65. The summed E-state index contributed by atoms with van der Waals surface area (Å²) in [7, 11) is 0. The summed E-state index contributed by atoms with van der Waals surface area (Å²) in [6, 6.07) is 0. The van der Waals surface area contributed by atoms with Crippen LogP contribution in [0.25, 0.3) is 20.3 Å². The van der Waals surface area contributed by atoms with Crippen LogP contribution in [0.3, 0.4) is 0 Å². The molecule has 0 unspecified atom stereocenters. The van der Waals surface area contributed by atoms with E-state index in [0.717, 1.165) is 5.52 Å². The summed E-state index contributed by atoms with van der Waals surface area (Å²) in [4.78, 5) is 4.42. The van der Waals surface area contributed by atoms with Gasteiger partial charge in [-0.05, 0) is 197 Å². The highest BCUT2D eigenvalue weighted by Gasteiger charge is 2.13. The van der Waals surface area contributed by atoms with E-state index < -0.39 is 0 Å². The van der Waals surface area contributed by atoms with Gasteiger partial charge in [0.05, 0.1) is 4.70 Å². The number of rotatable bonds is 0. The summed E-state index contributed by atoms with van der Waals surface area (Å²) in [5.41, 5.74) is 19.4. The van der Waals surface area contributed by atoms with E-state index in [4.69, 9.17) is 0 Å². The minimum absolute atomic E-state index is 1.07. The summed E-state index contributed by atoms with van der Waals surface area (Å²) < 4.78 is 6.74. The van der Waals surface area contributed by atoms with Crippen molar-refractivity contribution >= 4 is 54.5 Å². The number of thiophene rings is 2. The molecule has 43 heavy (non-hydrogen) atoms. The maximum atomic E-state index is 4.15. The molecule has 0 amide bonds. The Morgan fingerprint density at radius 3 is 1.19 bits per heavy atom. The molecule has 0 N–H and O–H groups in total. The molecule has 3 aromatic heterocycles. The zero-order valence-corrected chi connectivity index (χ0v) is 32.6. The summed E-state index contributed by atoms with van der Waals surface area (Å²) in [5, 5.41) is 5.66. The van der Waals surface area contributed by atoms with E-state index in [1.54, 1.807) is 0 Å². The van der Waals surface area contributed by atoms with E-state index in [-0.39, 0.29) is 0 Å². The molecule has 0 radical (unpaired) electrons. The van der Waals surface area contributed by atoms with Gasteiger partial charge in [-0.25, -0.2) is 0 Å². The predicted octanol–water partition coefficient (Wildman–Crippen LogP) is 13.0. The van der Waals surface area contributed by atoms with Crippen LogP contribution < -0.4 is 0 Å². The zero-order valence-electron chi connectivity index (χ0n) is 30.1. The highest BCUT2D eigenvalue weighted by molar-refractivity contribution is 7.24. The molecule has 0 atom stereocenters. The van der Waals surface area contributed by atoms with Gasteiger partial charge in [-0.3, -0.25) is 0 Å². The normalized spacial score (nSPS) is 10.6. The topological polar surface area (TPSA) is 25.8 Å². The molecule has 3 heterocycles. The molecule has 0 saturated carbocycles. The van der Waals surface area contributed by atoms with Crippen LogP contribution in [0.1, 0.15) is 104 Å². The fraction of sp³-hybridized carbons (Fsp3) is 0.474. The molecule has 0 saturated heterocycles. The van der Waals surface area contributed by atoms with E-state index in [9.17, 15) is 0 Å². The number of aromatic nitrogens is 2. The monoisotopic (exact) mass is 634 g/mol. The largest absolute Gasteiger partial charge is 0.144 e. The van der Waals surface area contributed by atoms with Gasteiger partial charge in [0.2, 0.25) is 0 Å². The molecule has 0 bridgehead atoms. The van der Waals surface area contributed by atoms with Crippen molar-refractivity contribution in [1.29, 1.82) is 0 Å². The Morgan fingerprint density at radius 1 is 0.395 bits per heavy atom. The highest BCUT2D eigenvalue weighted by Crippen LogP contribution is 2.39. The third kappa shape index (κ3) is 8.04. The van der Waals surface area contributed by atoms with Crippen LogP contribution in [-0.2, 0) is 0 Å². The number of nitrogens with zero attached hydrogens (tertiary/aromatic N) is 2. The molecule has 2 nitrogen and oxygen atoms in total. The van der Waals surface area contributed by atoms with Crippen LogP contribution in [-0.4, -0.2) is 9.59 Å². The Morgan fingerprint density at radius 2 is 0.791 bits per heavy atom. The first kappa shape index (κ1) is 36.8. The second-order valence-electron chi connectivity index (χ2n) is 12.4. The van der Waals surface area contributed by atoms with Gasteiger partial charge in [0.25, 0.3) is 0 Å². The van der Waals surface area contributed by atoms with Crippen LogP contribution in [0, 0.1) is 96.9 Å². The van der Waals surface area contributed by atoms with Crippen LogP contribution in [0.5, 0.6) is 0 Å². The first-order valence-corrected chi connectivity index (χ1v) is 17.5. The molecular weight excluding hydrogens is 581 g/mol. The molecule has 234 valence electrons. The average molecular weight is 635 g/mol. The van der Waals surface area contributed by atoms with Crippen molar-refractivity contribution in [2.24, 2.45) is 0 Å². The van der Waals surface area contributed by atoms with Crippen molar-refractivity contribution in [2.45, 2.75) is 125 Å². The van der Waals surface area contributed by atoms with Crippen LogP contribution in [0.2, 0.25) is 0 Å². The van der Waals surface area contributed by atoms with Gasteiger partial charge in [0.15, 0.2) is 0 Å². The van der Waals surface area contributed by atoms with Gasteiger partial charge in [-0.2, -0.15) is 0 Å². The number of fused-ring (bicyclic) bond motifs is 2. The Labute approximate surface area is 274 Å². The Balaban J connectivity index is 0.000000207. The standard InChI is InChI=1S/C12H18.C10H12N2S.C10H12S2.C6H12/c1-7-8(2)10(4)12(6)11(5)9(7)3;1-5-6(2)8(4)10-9(7(5)3)11-12-13-10;1-5-6(2)12-10-8(4)11-7(3)9(5)10;1-5(2)6(3)4/h1-6H3;1-4H3;1-4H3;1-4H3. The summed E-state index contributed by atoms with van der Waals surface area (Å²) in [6.45, 7) is 39.2. The van der Waals surface area contributed by atoms with Gasteiger partial charge < -0.3 is 0 Å². The molecule has 0 aliphatic rings. The molecule has 0 aliphatic heterocycles.